The molecule has 0 fully saturated rings. The molecule has 0 saturated carbocycles. The third kappa shape index (κ3) is 5.50. The van der Waals surface area contributed by atoms with Crippen LogP contribution in [0.4, 0.5) is 0 Å². The van der Waals surface area contributed by atoms with Gasteiger partial charge in [-0.3, -0.25) is 4.79 Å². The molecule has 10 heteroatoms. The number of aryl methyl sites for hydroxylation is 1. The number of nitrogens with one attached hydrogen (secondary N) is 1. The fourth-order valence-electron chi connectivity index (χ4n) is 3.06. The summed E-state index contributed by atoms with van der Waals surface area (Å²) in [6.07, 6.45) is 2.28. The second kappa shape index (κ2) is 9.76. The van der Waals surface area contributed by atoms with Gasteiger partial charge in [0.1, 0.15) is 30.8 Å². The van der Waals surface area contributed by atoms with Crippen LogP contribution in [0.15, 0.2) is 39.6 Å². The van der Waals surface area contributed by atoms with Crippen LogP contribution >= 0.6 is 11.8 Å². The molecule has 0 bridgehead atoms. The quantitative estimate of drug-likeness (QED) is 0.621. The Kier molecular flexibility index (Phi) is 7.32. The van der Waals surface area contributed by atoms with Crippen molar-refractivity contribution in [2.75, 3.05) is 32.3 Å². The van der Waals surface area contributed by atoms with Crippen molar-refractivity contribution in [2.45, 2.75) is 30.8 Å². The number of benzene rings is 1. The molecular weight excluding hydrogens is 428 g/mol. The number of sulfonamides is 1. The van der Waals surface area contributed by atoms with Gasteiger partial charge in [0.05, 0.1) is 11.4 Å². The summed E-state index contributed by atoms with van der Waals surface area (Å²) >= 11 is 1.55. The number of hydrogen-bond donors (Lipinski definition) is 1. The van der Waals surface area contributed by atoms with Gasteiger partial charge in [0, 0.05) is 13.1 Å². The van der Waals surface area contributed by atoms with Crippen molar-refractivity contribution in [3.05, 3.63) is 41.9 Å². The zero-order valence-electron chi connectivity index (χ0n) is 17.2. The molecular formula is C20H26N2O6S2. The van der Waals surface area contributed by atoms with E-state index in [1.165, 1.54) is 17.0 Å². The first-order chi connectivity index (χ1) is 14.3. The molecule has 1 aliphatic rings. The summed E-state index contributed by atoms with van der Waals surface area (Å²) in [5.74, 6) is 2.59. The maximum Gasteiger partial charge on any atom is 0.241 e. The molecule has 0 radical (unpaired) electrons. The summed E-state index contributed by atoms with van der Waals surface area (Å²) in [5.41, 5.74) is 0. The van der Waals surface area contributed by atoms with Crippen molar-refractivity contribution < 1.29 is 27.1 Å². The SMILES string of the molecule is CSCCC(NS(=O)(=O)c1ccc2c(c1)OCCO2)C(=O)N(C)Cc1ccc(C)o1. The Morgan fingerprint density at radius 1 is 1.20 bits per heavy atom. The number of furan rings is 1. The maximum atomic E-state index is 13.0. The smallest absolute Gasteiger partial charge is 0.241 e. The maximum absolute atomic E-state index is 13.0. The highest BCUT2D eigenvalue weighted by atomic mass is 32.2. The Morgan fingerprint density at radius 2 is 1.93 bits per heavy atom. The van der Waals surface area contributed by atoms with Crippen molar-refractivity contribution >= 4 is 27.7 Å². The van der Waals surface area contributed by atoms with Crippen LogP contribution < -0.4 is 14.2 Å². The molecule has 1 aliphatic heterocycles. The summed E-state index contributed by atoms with van der Waals surface area (Å²) in [7, 11) is -2.31. The van der Waals surface area contributed by atoms with E-state index in [1.54, 1.807) is 30.9 Å². The third-order valence-corrected chi connectivity index (χ3v) is 6.71. The minimum atomic E-state index is -3.94. The lowest BCUT2D eigenvalue weighted by Gasteiger charge is -2.24. The molecule has 1 N–H and O–H groups in total. The second-order valence-corrected chi connectivity index (χ2v) is 9.67. The van der Waals surface area contributed by atoms with Crippen LogP contribution in [0, 0.1) is 6.92 Å². The summed E-state index contributed by atoms with van der Waals surface area (Å²) in [5, 5.41) is 0. The van der Waals surface area contributed by atoms with Crippen molar-refractivity contribution in [3.8, 4) is 11.5 Å². The van der Waals surface area contributed by atoms with Crippen molar-refractivity contribution in [2.24, 2.45) is 0 Å². The molecule has 30 heavy (non-hydrogen) atoms. The van der Waals surface area contributed by atoms with Crippen molar-refractivity contribution in [1.29, 1.82) is 0 Å². The zero-order chi connectivity index (χ0) is 21.7. The lowest BCUT2D eigenvalue weighted by Crippen LogP contribution is -2.47. The molecule has 1 atom stereocenters. The van der Waals surface area contributed by atoms with Gasteiger partial charge in [0.25, 0.3) is 0 Å². The van der Waals surface area contributed by atoms with Crippen LogP contribution in [0.25, 0.3) is 0 Å². The summed E-state index contributed by atoms with van der Waals surface area (Å²) in [6.45, 7) is 2.86. The van der Waals surface area contributed by atoms with Crippen molar-refractivity contribution in [1.82, 2.24) is 9.62 Å². The van der Waals surface area contributed by atoms with Gasteiger partial charge in [-0.2, -0.15) is 16.5 Å². The van der Waals surface area contributed by atoms with Gasteiger partial charge in [-0.05, 0) is 49.6 Å². The fourth-order valence-corrected chi connectivity index (χ4v) is 4.77. The third-order valence-electron chi connectivity index (χ3n) is 4.60. The average molecular weight is 455 g/mol. The van der Waals surface area contributed by atoms with Gasteiger partial charge in [0.15, 0.2) is 11.5 Å². The van der Waals surface area contributed by atoms with Gasteiger partial charge in [-0.25, -0.2) is 8.42 Å². The normalized spacial score (nSPS) is 14.4. The highest BCUT2D eigenvalue weighted by molar-refractivity contribution is 7.98. The Labute approximate surface area is 181 Å². The number of hydrogen-bond acceptors (Lipinski definition) is 7. The van der Waals surface area contributed by atoms with Gasteiger partial charge in [-0.15, -0.1) is 0 Å². The number of nitrogens with zero attached hydrogens (tertiary/aromatic N) is 1. The van der Waals surface area contributed by atoms with Crippen LogP contribution in [-0.4, -0.2) is 57.5 Å². The Morgan fingerprint density at radius 3 is 2.60 bits per heavy atom. The van der Waals surface area contributed by atoms with Crippen LogP contribution in [0.1, 0.15) is 17.9 Å². The van der Waals surface area contributed by atoms with Crippen LogP contribution in [0.3, 0.4) is 0 Å². The van der Waals surface area contributed by atoms with Gasteiger partial charge >= 0.3 is 0 Å². The Hall–Kier alpha value is -2.17. The minimum absolute atomic E-state index is 0.0259. The number of carbonyl (C=O) groups is 1. The average Bonchev–Trinajstić information content (AvgIpc) is 3.14. The monoisotopic (exact) mass is 454 g/mol. The zero-order valence-corrected chi connectivity index (χ0v) is 18.8. The largest absolute Gasteiger partial charge is 0.486 e. The van der Waals surface area contributed by atoms with Crippen LogP contribution in [-0.2, 0) is 21.4 Å². The summed E-state index contributed by atoms with van der Waals surface area (Å²) in [6, 6.07) is 7.16. The lowest BCUT2D eigenvalue weighted by atomic mass is 10.2. The van der Waals surface area contributed by atoms with Gasteiger partial charge < -0.3 is 18.8 Å². The molecule has 1 amide bonds. The first kappa shape index (κ1) is 22.5. The molecule has 1 aromatic heterocycles. The Bertz CT molecular complexity index is 989. The van der Waals surface area contributed by atoms with Crippen LogP contribution in [0.5, 0.6) is 11.5 Å². The molecule has 0 spiro atoms. The van der Waals surface area contributed by atoms with E-state index >= 15 is 0 Å². The molecule has 2 aromatic rings. The van der Waals surface area contributed by atoms with E-state index in [2.05, 4.69) is 4.72 Å². The molecule has 1 unspecified atom stereocenters. The molecule has 1 aromatic carbocycles. The van der Waals surface area contributed by atoms with E-state index < -0.39 is 16.1 Å². The van der Waals surface area contributed by atoms with E-state index in [0.29, 0.717) is 42.6 Å². The fraction of sp³-hybridized carbons (Fsp3) is 0.450. The van der Waals surface area contributed by atoms with E-state index in [9.17, 15) is 13.2 Å². The Balaban J connectivity index is 1.76. The molecule has 2 heterocycles. The van der Waals surface area contributed by atoms with E-state index in [-0.39, 0.29) is 17.3 Å². The number of ether oxygens (including phenoxy) is 2. The van der Waals surface area contributed by atoms with Gasteiger partial charge in [0.2, 0.25) is 15.9 Å². The van der Waals surface area contributed by atoms with E-state index in [4.69, 9.17) is 13.9 Å². The highest BCUT2D eigenvalue weighted by Gasteiger charge is 2.29. The number of likely N-dealkylation sites (N-methyl/N-ethyl adjacent to an activating group) is 1. The van der Waals surface area contributed by atoms with Crippen molar-refractivity contribution in [3.63, 3.8) is 0 Å². The summed E-state index contributed by atoms with van der Waals surface area (Å²) in [4.78, 5) is 14.5. The highest BCUT2D eigenvalue weighted by Crippen LogP contribution is 2.32. The predicted molar refractivity (Wildman–Crippen MR) is 114 cm³/mol. The molecule has 164 valence electrons. The molecule has 0 aliphatic carbocycles. The first-order valence-electron chi connectivity index (χ1n) is 9.51. The number of amides is 1. The summed E-state index contributed by atoms with van der Waals surface area (Å²) < 4.78 is 45.0. The lowest BCUT2D eigenvalue weighted by molar-refractivity contribution is -0.132. The number of carbonyl (C=O) groups excluding carboxylic acids is 1. The van der Waals surface area contributed by atoms with E-state index in [1.807, 2.05) is 19.2 Å². The number of rotatable bonds is 9. The second-order valence-electron chi connectivity index (χ2n) is 6.97. The van der Waals surface area contributed by atoms with Crippen LogP contribution in [0.2, 0.25) is 0 Å². The standard InChI is InChI=1S/C20H26N2O6S2/c1-14-4-5-15(28-14)13-22(2)20(23)17(8-11-29-3)21-30(24,25)16-6-7-18-19(12-16)27-10-9-26-18/h4-7,12,17,21H,8-11,13H2,1-3H3. The number of fused-ring (bicyclic) bond motifs is 1. The molecule has 8 nitrogen and oxygen atoms in total. The first-order valence-corrected chi connectivity index (χ1v) is 12.4. The minimum Gasteiger partial charge on any atom is -0.486 e. The predicted octanol–water partition coefficient (Wildman–Crippen LogP) is 2.42. The van der Waals surface area contributed by atoms with E-state index in [0.717, 1.165) is 5.76 Å². The molecule has 0 saturated heterocycles. The topological polar surface area (TPSA) is 98.1 Å². The van der Waals surface area contributed by atoms with Gasteiger partial charge in [-0.1, -0.05) is 0 Å². The molecule has 3 rings (SSSR count). The number of thioether (sulfide) groups is 1.